The molecule has 0 bridgehead atoms. The minimum Gasteiger partial charge on any atom is -0.495 e. The number of hydrogen-bond acceptors (Lipinski definition) is 7. The van der Waals surface area contributed by atoms with Gasteiger partial charge in [-0.1, -0.05) is 12.8 Å². The van der Waals surface area contributed by atoms with Gasteiger partial charge in [0.2, 0.25) is 15.9 Å². The lowest BCUT2D eigenvalue weighted by atomic mass is 10.2. The number of carbonyl (C=O) groups is 1. The van der Waals surface area contributed by atoms with E-state index in [1.54, 1.807) is 11.9 Å². The lowest BCUT2D eigenvalue weighted by Crippen LogP contribution is -2.38. The Labute approximate surface area is 184 Å². The molecule has 2 aliphatic rings. The summed E-state index contributed by atoms with van der Waals surface area (Å²) in [6, 6.07) is 4.25. The van der Waals surface area contributed by atoms with Crippen LogP contribution in [0.5, 0.6) is 5.75 Å². The molecular weight excluding hydrogens is 442 g/mol. The summed E-state index contributed by atoms with van der Waals surface area (Å²) >= 11 is 0. The van der Waals surface area contributed by atoms with Crippen LogP contribution in [0.25, 0.3) is 0 Å². The number of rotatable bonds is 7. The molecule has 0 spiro atoms. The van der Waals surface area contributed by atoms with Gasteiger partial charge in [0.05, 0.1) is 35.7 Å². The summed E-state index contributed by atoms with van der Waals surface area (Å²) in [6.45, 7) is 0.975. The van der Waals surface area contributed by atoms with Gasteiger partial charge in [0.25, 0.3) is 0 Å². The molecule has 174 valence electrons. The quantitative estimate of drug-likeness (QED) is 0.635. The summed E-state index contributed by atoms with van der Waals surface area (Å²) < 4.78 is 56.4. The molecule has 0 saturated carbocycles. The van der Waals surface area contributed by atoms with Crippen molar-refractivity contribution in [2.24, 2.45) is 0 Å². The summed E-state index contributed by atoms with van der Waals surface area (Å²) in [5, 5.41) is 2.73. The van der Waals surface area contributed by atoms with E-state index in [4.69, 9.17) is 4.74 Å². The number of nitrogens with one attached hydrogen (secondary N) is 1. The molecule has 0 unspecified atom stereocenters. The van der Waals surface area contributed by atoms with Crippen LogP contribution in [0.1, 0.15) is 32.1 Å². The highest BCUT2D eigenvalue weighted by atomic mass is 32.2. The Hall–Kier alpha value is -1.69. The van der Waals surface area contributed by atoms with Crippen LogP contribution in [0.15, 0.2) is 23.1 Å². The fourth-order valence-electron chi connectivity index (χ4n) is 4.04. The Morgan fingerprint density at radius 2 is 1.90 bits per heavy atom. The van der Waals surface area contributed by atoms with Gasteiger partial charge in [-0.15, -0.1) is 0 Å². The van der Waals surface area contributed by atoms with E-state index in [0.29, 0.717) is 25.3 Å². The highest BCUT2D eigenvalue weighted by Gasteiger charge is 2.31. The second-order valence-corrected chi connectivity index (χ2v) is 12.4. The smallest absolute Gasteiger partial charge is 0.243 e. The van der Waals surface area contributed by atoms with Crippen molar-refractivity contribution in [1.29, 1.82) is 0 Å². The summed E-state index contributed by atoms with van der Waals surface area (Å²) in [4.78, 5) is 14.4. The van der Waals surface area contributed by atoms with Crippen LogP contribution >= 0.6 is 0 Å². The van der Waals surface area contributed by atoms with Gasteiger partial charge >= 0.3 is 0 Å². The van der Waals surface area contributed by atoms with E-state index >= 15 is 0 Å². The zero-order chi connectivity index (χ0) is 22.6. The van der Waals surface area contributed by atoms with E-state index in [0.717, 1.165) is 25.7 Å². The number of anilines is 1. The number of amides is 1. The van der Waals surface area contributed by atoms with Crippen LogP contribution in [0, 0.1) is 0 Å². The first-order valence-corrected chi connectivity index (χ1v) is 13.8. The van der Waals surface area contributed by atoms with E-state index < -0.39 is 19.9 Å². The molecule has 2 aliphatic heterocycles. The molecular formula is C20H31N3O6S2. The fraction of sp³-hybridized carbons (Fsp3) is 0.650. The lowest BCUT2D eigenvalue weighted by molar-refractivity contribution is -0.117. The molecule has 0 aliphatic carbocycles. The third-order valence-corrected chi connectivity index (χ3v) is 9.52. The van der Waals surface area contributed by atoms with Crippen molar-refractivity contribution in [1.82, 2.24) is 9.21 Å². The third kappa shape index (κ3) is 5.97. The van der Waals surface area contributed by atoms with Crippen LogP contribution in [0.4, 0.5) is 5.69 Å². The van der Waals surface area contributed by atoms with Crippen molar-refractivity contribution in [3.63, 3.8) is 0 Å². The SMILES string of the molecule is COc1ccc(S(=O)(=O)N2CCCCCC2)cc1NC(=O)CN(C)[C@@H]1CCS(=O)(=O)C1. The standard InChI is InChI=1S/C20H31N3O6S2/c1-22(16-9-12-30(25,26)15-16)14-20(24)21-18-13-17(7-8-19(18)29-2)31(27,28)23-10-5-3-4-6-11-23/h7-8,13,16H,3-6,9-12,14-15H2,1-2H3,(H,21,24)/t16-/m1/s1. The Bertz CT molecular complexity index is 1000. The summed E-state index contributed by atoms with van der Waals surface area (Å²) in [5.74, 6) is 0.168. The second-order valence-electron chi connectivity index (χ2n) is 8.20. The van der Waals surface area contributed by atoms with Crippen molar-refractivity contribution in [3.8, 4) is 5.75 Å². The van der Waals surface area contributed by atoms with Crippen LogP contribution in [-0.4, -0.2) is 83.3 Å². The minimum absolute atomic E-state index is 0.00750. The van der Waals surface area contributed by atoms with Gasteiger partial charge in [0.15, 0.2) is 9.84 Å². The highest BCUT2D eigenvalue weighted by molar-refractivity contribution is 7.91. The average Bonchev–Trinajstić information content (AvgIpc) is 2.91. The third-order valence-electron chi connectivity index (χ3n) is 5.87. The number of nitrogens with zero attached hydrogens (tertiary/aromatic N) is 2. The van der Waals surface area contributed by atoms with Gasteiger partial charge in [-0.2, -0.15) is 4.31 Å². The maximum atomic E-state index is 13.1. The van der Waals surface area contributed by atoms with Crippen molar-refractivity contribution in [2.75, 3.05) is 50.6 Å². The molecule has 2 saturated heterocycles. The molecule has 11 heteroatoms. The van der Waals surface area contributed by atoms with Gasteiger partial charge in [-0.05, 0) is 44.5 Å². The predicted molar refractivity (Wildman–Crippen MR) is 119 cm³/mol. The normalized spacial score (nSPS) is 22.2. The summed E-state index contributed by atoms with van der Waals surface area (Å²) in [5.41, 5.74) is 0.274. The van der Waals surface area contributed by atoms with Crippen LogP contribution in [-0.2, 0) is 24.7 Å². The first-order valence-electron chi connectivity index (χ1n) is 10.5. The van der Waals surface area contributed by atoms with Gasteiger partial charge in [-0.3, -0.25) is 9.69 Å². The second kappa shape index (κ2) is 9.85. The fourth-order valence-corrected chi connectivity index (χ4v) is 7.39. The van der Waals surface area contributed by atoms with Gasteiger partial charge in [0, 0.05) is 19.1 Å². The summed E-state index contributed by atoms with van der Waals surface area (Å²) in [6.07, 6.45) is 4.21. The number of sulfone groups is 1. The van der Waals surface area contributed by atoms with Crippen LogP contribution < -0.4 is 10.1 Å². The molecule has 0 aromatic heterocycles. The molecule has 0 radical (unpaired) electrons. The Morgan fingerprint density at radius 1 is 1.23 bits per heavy atom. The van der Waals surface area contributed by atoms with E-state index in [2.05, 4.69) is 5.32 Å². The van der Waals surface area contributed by atoms with E-state index in [1.807, 2.05) is 0 Å². The maximum Gasteiger partial charge on any atom is 0.243 e. The molecule has 1 aromatic carbocycles. The van der Waals surface area contributed by atoms with E-state index in [-0.39, 0.29) is 40.6 Å². The van der Waals surface area contributed by atoms with Crippen LogP contribution in [0.2, 0.25) is 0 Å². The Morgan fingerprint density at radius 3 is 2.48 bits per heavy atom. The van der Waals surface area contributed by atoms with E-state index in [1.165, 1.54) is 29.6 Å². The zero-order valence-electron chi connectivity index (χ0n) is 18.0. The molecule has 31 heavy (non-hydrogen) atoms. The molecule has 9 nitrogen and oxygen atoms in total. The van der Waals surface area contributed by atoms with Gasteiger partial charge < -0.3 is 10.1 Å². The largest absolute Gasteiger partial charge is 0.495 e. The average molecular weight is 474 g/mol. The predicted octanol–water partition coefficient (Wildman–Crippen LogP) is 1.32. The minimum atomic E-state index is -3.67. The number of benzene rings is 1. The number of carbonyl (C=O) groups excluding carboxylic acids is 1. The maximum absolute atomic E-state index is 13.1. The Balaban J connectivity index is 1.73. The first kappa shape index (κ1) is 24.0. The highest BCUT2D eigenvalue weighted by Crippen LogP contribution is 2.30. The number of ether oxygens (including phenoxy) is 1. The number of likely N-dealkylation sites (N-methyl/N-ethyl adjacent to an activating group) is 1. The molecule has 2 heterocycles. The molecule has 1 aromatic rings. The first-order chi connectivity index (χ1) is 14.6. The van der Waals surface area contributed by atoms with Crippen molar-refractivity contribution in [3.05, 3.63) is 18.2 Å². The van der Waals surface area contributed by atoms with Crippen molar-refractivity contribution < 1.29 is 26.4 Å². The molecule has 1 N–H and O–H groups in total. The number of hydrogen-bond donors (Lipinski definition) is 1. The van der Waals surface area contributed by atoms with Gasteiger partial charge in [-0.25, -0.2) is 16.8 Å². The monoisotopic (exact) mass is 473 g/mol. The van der Waals surface area contributed by atoms with Gasteiger partial charge in [0.1, 0.15) is 5.75 Å². The number of methoxy groups -OCH3 is 1. The van der Waals surface area contributed by atoms with E-state index in [9.17, 15) is 21.6 Å². The lowest BCUT2D eigenvalue weighted by Gasteiger charge is -2.23. The van der Waals surface area contributed by atoms with Crippen molar-refractivity contribution >= 4 is 31.5 Å². The molecule has 2 fully saturated rings. The zero-order valence-corrected chi connectivity index (χ0v) is 19.7. The summed E-state index contributed by atoms with van der Waals surface area (Å²) in [7, 11) is -3.56. The molecule has 1 amide bonds. The van der Waals surface area contributed by atoms with Crippen molar-refractivity contribution in [2.45, 2.75) is 43.0 Å². The topological polar surface area (TPSA) is 113 Å². The number of sulfonamides is 1. The van der Waals surface area contributed by atoms with Crippen LogP contribution in [0.3, 0.4) is 0 Å². The molecule has 1 atom stereocenters. The molecule has 3 rings (SSSR count). The Kier molecular flexibility index (Phi) is 7.61.